The number of carbonyl (C=O) groups is 2. The van der Waals surface area contributed by atoms with Gasteiger partial charge in [-0.15, -0.1) is 12.4 Å². The predicted octanol–water partition coefficient (Wildman–Crippen LogP) is 3.32. The molecular weight excluding hydrogens is 366 g/mol. The average Bonchev–Trinajstić information content (AvgIpc) is 2.69. The van der Waals surface area contributed by atoms with E-state index >= 15 is 0 Å². The number of anilines is 2. The van der Waals surface area contributed by atoms with E-state index in [1.165, 1.54) is 6.42 Å². The zero-order valence-electron chi connectivity index (χ0n) is 15.7. The molecule has 0 spiro atoms. The molecule has 1 aliphatic carbocycles. The van der Waals surface area contributed by atoms with E-state index < -0.39 is 5.41 Å². The van der Waals surface area contributed by atoms with E-state index in [-0.39, 0.29) is 30.1 Å². The second-order valence-electron chi connectivity index (χ2n) is 7.46. The minimum atomic E-state index is -0.570. The number of ether oxygens (including phenoxy) is 1. The maximum Gasteiger partial charge on any atom is 0.232 e. The normalized spacial score (nSPS) is 19.6. The largest absolute Gasteiger partial charge is 0.381 e. The molecule has 4 N–H and O–H groups in total. The number of halogens is 1. The number of amides is 2. The summed E-state index contributed by atoms with van der Waals surface area (Å²) in [5, 5.41) is 5.96. The third kappa shape index (κ3) is 5.43. The highest BCUT2D eigenvalue weighted by molar-refractivity contribution is 5.97. The lowest BCUT2D eigenvalue weighted by atomic mass is 9.79. The molecular formula is C20H30ClN3O3. The third-order valence-electron chi connectivity index (χ3n) is 5.69. The van der Waals surface area contributed by atoms with Crippen molar-refractivity contribution < 1.29 is 14.3 Å². The molecule has 27 heavy (non-hydrogen) atoms. The molecule has 150 valence electrons. The van der Waals surface area contributed by atoms with Gasteiger partial charge in [0.2, 0.25) is 11.8 Å². The van der Waals surface area contributed by atoms with Crippen molar-refractivity contribution in [2.24, 2.45) is 17.1 Å². The number of nitrogens with two attached hydrogens (primary N) is 1. The lowest BCUT2D eigenvalue weighted by Crippen LogP contribution is -2.46. The summed E-state index contributed by atoms with van der Waals surface area (Å²) < 4.78 is 5.36. The molecule has 1 saturated carbocycles. The molecule has 1 saturated heterocycles. The Morgan fingerprint density at radius 3 is 2.33 bits per heavy atom. The zero-order chi connectivity index (χ0) is 18.4. The Morgan fingerprint density at radius 1 is 1.07 bits per heavy atom. The monoisotopic (exact) mass is 395 g/mol. The van der Waals surface area contributed by atoms with Gasteiger partial charge in [-0.3, -0.25) is 9.59 Å². The van der Waals surface area contributed by atoms with Gasteiger partial charge in [-0.25, -0.2) is 0 Å². The van der Waals surface area contributed by atoms with Crippen molar-refractivity contribution in [2.45, 2.75) is 44.9 Å². The fourth-order valence-electron chi connectivity index (χ4n) is 3.83. The topological polar surface area (TPSA) is 93.5 Å². The minimum Gasteiger partial charge on any atom is -0.381 e. The molecule has 0 aromatic heterocycles. The van der Waals surface area contributed by atoms with Crippen LogP contribution in [0.2, 0.25) is 0 Å². The van der Waals surface area contributed by atoms with Gasteiger partial charge in [0.1, 0.15) is 0 Å². The molecule has 0 bridgehead atoms. The summed E-state index contributed by atoms with van der Waals surface area (Å²) >= 11 is 0. The fraction of sp³-hybridized carbons (Fsp3) is 0.600. The maximum absolute atomic E-state index is 12.8. The molecule has 1 aliphatic heterocycles. The molecule has 6 nitrogen and oxygen atoms in total. The summed E-state index contributed by atoms with van der Waals surface area (Å²) in [7, 11) is 0. The van der Waals surface area contributed by atoms with E-state index in [9.17, 15) is 9.59 Å². The van der Waals surface area contributed by atoms with Crippen molar-refractivity contribution in [1.82, 2.24) is 0 Å². The molecule has 3 rings (SSSR count). The van der Waals surface area contributed by atoms with Gasteiger partial charge in [0.15, 0.2) is 0 Å². The number of carbonyl (C=O) groups excluding carboxylic acids is 2. The first kappa shape index (κ1) is 21.7. The molecule has 2 fully saturated rings. The predicted molar refractivity (Wildman–Crippen MR) is 109 cm³/mol. The molecule has 1 aromatic rings. The molecule has 0 unspecified atom stereocenters. The van der Waals surface area contributed by atoms with Crippen LogP contribution in [0.15, 0.2) is 24.3 Å². The molecule has 0 radical (unpaired) electrons. The number of benzene rings is 1. The second-order valence-corrected chi connectivity index (χ2v) is 7.46. The fourth-order valence-corrected chi connectivity index (χ4v) is 3.83. The minimum absolute atomic E-state index is 0. The summed E-state index contributed by atoms with van der Waals surface area (Å²) in [5.41, 5.74) is 6.72. The lowest BCUT2D eigenvalue weighted by molar-refractivity contribution is -0.130. The van der Waals surface area contributed by atoms with Crippen LogP contribution < -0.4 is 16.4 Å². The van der Waals surface area contributed by atoms with Crippen molar-refractivity contribution in [3.8, 4) is 0 Å². The van der Waals surface area contributed by atoms with Gasteiger partial charge in [0, 0.05) is 37.1 Å². The third-order valence-corrected chi connectivity index (χ3v) is 5.69. The van der Waals surface area contributed by atoms with Gasteiger partial charge in [0.05, 0.1) is 5.41 Å². The van der Waals surface area contributed by atoms with Crippen LogP contribution in [0.4, 0.5) is 11.4 Å². The molecule has 0 atom stereocenters. The first-order valence-corrected chi connectivity index (χ1v) is 9.63. The highest BCUT2D eigenvalue weighted by atomic mass is 35.5. The number of hydrogen-bond donors (Lipinski definition) is 3. The van der Waals surface area contributed by atoms with Crippen LogP contribution in [0, 0.1) is 11.3 Å². The van der Waals surface area contributed by atoms with Crippen molar-refractivity contribution in [2.75, 3.05) is 30.4 Å². The van der Waals surface area contributed by atoms with E-state index in [1.807, 2.05) is 24.3 Å². The summed E-state index contributed by atoms with van der Waals surface area (Å²) in [6.45, 7) is 1.42. The van der Waals surface area contributed by atoms with Crippen LogP contribution in [-0.2, 0) is 14.3 Å². The van der Waals surface area contributed by atoms with Crippen LogP contribution in [0.1, 0.15) is 44.9 Å². The van der Waals surface area contributed by atoms with Crippen LogP contribution in [0.5, 0.6) is 0 Å². The van der Waals surface area contributed by atoms with Gasteiger partial charge >= 0.3 is 0 Å². The Kier molecular flexibility index (Phi) is 8.07. The summed E-state index contributed by atoms with van der Waals surface area (Å²) in [6.07, 6.45) is 6.66. The summed E-state index contributed by atoms with van der Waals surface area (Å²) in [4.78, 5) is 25.2. The summed E-state index contributed by atoms with van der Waals surface area (Å²) in [5.74, 6) is 0.111. The lowest BCUT2D eigenvalue weighted by Gasteiger charge is -2.34. The zero-order valence-corrected chi connectivity index (χ0v) is 16.5. The Bertz CT molecular complexity index is 641. The quantitative estimate of drug-likeness (QED) is 0.712. The van der Waals surface area contributed by atoms with Crippen molar-refractivity contribution in [3.05, 3.63) is 24.3 Å². The molecule has 1 aromatic carbocycles. The van der Waals surface area contributed by atoms with E-state index in [4.69, 9.17) is 10.5 Å². The molecule has 7 heteroatoms. The van der Waals surface area contributed by atoms with Gasteiger partial charge in [0.25, 0.3) is 0 Å². The van der Waals surface area contributed by atoms with E-state index in [0.717, 1.165) is 25.7 Å². The van der Waals surface area contributed by atoms with Gasteiger partial charge in [-0.05, 0) is 43.9 Å². The molecule has 1 heterocycles. The van der Waals surface area contributed by atoms with Gasteiger partial charge in [-0.1, -0.05) is 25.3 Å². The van der Waals surface area contributed by atoms with Crippen LogP contribution in [-0.4, -0.2) is 31.6 Å². The Balaban J connectivity index is 0.00000261. The van der Waals surface area contributed by atoms with Crippen molar-refractivity contribution in [3.63, 3.8) is 0 Å². The second kappa shape index (κ2) is 10.1. The van der Waals surface area contributed by atoms with Gasteiger partial charge in [-0.2, -0.15) is 0 Å². The highest BCUT2D eigenvalue weighted by Gasteiger charge is 2.38. The first-order chi connectivity index (χ1) is 12.6. The number of nitrogens with one attached hydrogen (secondary N) is 2. The molecule has 2 amide bonds. The van der Waals surface area contributed by atoms with Gasteiger partial charge < -0.3 is 21.1 Å². The van der Waals surface area contributed by atoms with Crippen molar-refractivity contribution in [1.29, 1.82) is 0 Å². The Morgan fingerprint density at radius 2 is 1.70 bits per heavy atom. The SMILES string of the molecule is Cl.NCC1(C(=O)Nc2cccc(NC(=O)C3CCCCC3)c2)CCOCC1. The van der Waals surface area contributed by atoms with E-state index in [0.29, 0.717) is 44.0 Å². The number of rotatable bonds is 5. The van der Waals surface area contributed by atoms with Crippen LogP contribution in [0.25, 0.3) is 0 Å². The van der Waals surface area contributed by atoms with Crippen LogP contribution >= 0.6 is 12.4 Å². The Hall–Kier alpha value is -1.63. The number of hydrogen-bond acceptors (Lipinski definition) is 4. The molecule has 2 aliphatic rings. The Labute approximate surface area is 167 Å². The average molecular weight is 396 g/mol. The van der Waals surface area contributed by atoms with Crippen molar-refractivity contribution >= 4 is 35.6 Å². The first-order valence-electron chi connectivity index (χ1n) is 9.63. The summed E-state index contributed by atoms with van der Waals surface area (Å²) in [6, 6.07) is 7.33. The highest BCUT2D eigenvalue weighted by Crippen LogP contribution is 2.31. The maximum atomic E-state index is 12.8. The van der Waals surface area contributed by atoms with Crippen LogP contribution in [0.3, 0.4) is 0 Å². The van der Waals surface area contributed by atoms with E-state index in [2.05, 4.69) is 10.6 Å². The standard InChI is InChI=1S/C20H29N3O3.ClH/c21-14-20(9-11-26-12-10-20)19(25)23-17-8-4-7-16(13-17)22-18(24)15-5-2-1-3-6-15;/h4,7-8,13,15H,1-3,5-6,9-12,14,21H2,(H,22,24)(H,23,25);1H. The van der Waals surface area contributed by atoms with E-state index in [1.54, 1.807) is 0 Å². The smallest absolute Gasteiger partial charge is 0.232 e.